The van der Waals surface area contributed by atoms with Crippen LogP contribution in [0.3, 0.4) is 0 Å². The fourth-order valence-corrected chi connectivity index (χ4v) is 4.16. The van der Waals surface area contributed by atoms with Crippen LogP contribution in [-0.4, -0.2) is 28.4 Å². The molecule has 124 valence electrons. The second-order valence-corrected chi connectivity index (χ2v) is 7.90. The summed E-state index contributed by atoms with van der Waals surface area (Å²) >= 11 is 5.85. The van der Waals surface area contributed by atoms with Crippen molar-refractivity contribution >= 4 is 23.4 Å². The third kappa shape index (κ3) is 2.31. The average Bonchev–Trinajstić information content (AvgIpc) is 2.69. The zero-order valence-electron chi connectivity index (χ0n) is 13.7. The van der Waals surface area contributed by atoms with Gasteiger partial charge >= 0.3 is 0 Å². The summed E-state index contributed by atoms with van der Waals surface area (Å²) in [6.07, 6.45) is 0.564. The van der Waals surface area contributed by atoms with Crippen LogP contribution in [0.5, 0.6) is 0 Å². The van der Waals surface area contributed by atoms with Crippen LogP contribution < -0.4 is 0 Å². The van der Waals surface area contributed by atoms with Crippen LogP contribution >= 0.6 is 11.6 Å². The van der Waals surface area contributed by atoms with Gasteiger partial charge in [-0.05, 0) is 36.0 Å². The summed E-state index contributed by atoms with van der Waals surface area (Å²) in [5, 5.41) is 11.0. The van der Waals surface area contributed by atoms with Crippen molar-refractivity contribution in [1.82, 2.24) is 4.90 Å². The first kappa shape index (κ1) is 16.5. The predicted octanol–water partition coefficient (Wildman–Crippen LogP) is 3.18. The molecular weight excluding hydrogens is 314 g/mol. The van der Waals surface area contributed by atoms with Gasteiger partial charge in [0.15, 0.2) is 0 Å². The van der Waals surface area contributed by atoms with Crippen LogP contribution in [0.1, 0.15) is 45.3 Å². The number of carbonyl (C=O) groups excluding carboxylic acids is 2. The maximum atomic E-state index is 12.9. The Morgan fingerprint density at radius 3 is 2.48 bits per heavy atom. The quantitative estimate of drug-likeness (QED) is 0.863. The molecule has 1 aliphatic heterocycles. The zero-order valence-corrected chi connectivity index (χ0v) is 14.4. The summed E-state index contributed by atoms with van der Waals surface area (Å²) in [4.78, 5) is 26.9. The summed E-state index contributed by atoms with van der Waals surface area (Å²) in [6, 6.07) is 6.81. The molecule has 0 aromatic heterocycles. The lowest BCUT2D eigenvalue weighted by atomic mass is 9.62. The van der Waals surface area contributed by atoms with Crippen molar-refractivity contribution in [3.63, 3.8) is 0 Å². The minimum absolute atomic E-state index is 0.00146. The van der Waals surface area contributed by atoms with E-state index in [4.69, 9.17) is 11.6 Å². The van der Waals surface area contributed by atoms with Crippen molar-refractivity contribution in [2.45, 2.75) is 39.7 Å². The first-order chi connectivity index (χ1) is 10.7. The van der Waals surface area contributed by atoms with Gasteiger partial charge in [0.05, 0.1) is 18.1 Å². The van der Waals surface area contributed by atoms with Gasteiger partial charge < -0.3 is 5.11 Å². The number of benzene rings is 1. The molecular formula is C18H22ClNO3. The van der Waals surface area contributed by atoms with E-state index in [2.05, 4.69) is 0 Å². The standard InChI is InChI=1S/C18H22ClNO3/c1-17(2)13-8-9-18(17,3)16(23)20(15(13)22)10-14(21)11-4-6-12(19)7-5-11/h4-7,13-14,21H,8-10H2,1-3H3/t13-,14-,18+/m0/s1. The fourth-order valence-electron chi connectivity index (χ4n) is 4.04. The highest BCUT2D eigenvalue weighted by Gasteiger charge is 2.64. The second-order valence-electron chi connectivity index (χ2n) is 7.47. The number of piperidine rings is 1. The molecule has 1 aliphatic carbocycles. The number of amides is 2. The van der Waals surface area contributed by atoms with Gasteiger partial charge in [-0.3, -0.25) is 14.5 Å². The number of fused-ring (bicyclic) bond motifs is 2. The Balaban J connectivity index is 1.85. The normalized spacial score (nSPS) is 30.7. The predicted molar refractivity (Wildman–Crippen MR) is 87.7 cm³/mol. The van der Waals surface area contributed by atoms with Crippen molar-refractivity contribution in [2.75, 3.05) is 6.54 Å². The molecule has 2 aliphatic rings. The maximum Gasteiger partial charge on any atom is 0.235 e. The van der Waals surface area contributed by atoms with Gasteiger partial charge in [0, 0.05) is 10.9 Å². The summed E-state index contributed by atoms with van der Waals surface area (Å²) in [6.45, 7) is 5.96. The molecule has 1 aromatic rings. The maximum absolute atomic E-state index is 12.9. The number of carbonyl (C=O) groups is 2. The number of nitrogens with zero attached hydrogens (tertiary/aromatic N) is 1. The summed E-state index contributed by atoms with van der Waals surface area (Å²) in [5.74, 6) is -0.458. The van der Waals surface area contributed by atoms with Crippen molar-refractivity contribution < 1.29 is 14.7 Å². The van der Waals surface area contributed by atoms with Gasteiger partial charge in [-0.2, -0.15) is 0 Å². The molecule has 1 saturated heterocycles. The molecule has 3 rings (SSSR count). The molecule has 1 heterocycles. The number of likely N-dealkylation sites (tertiary alicyclic amines) is 1. The minimum atomic E-state index is -0.899. The van der Waals surface area contributed by atoms with Crippen molar-refractivity contribution in [3.8, 4) is 0 Å². The molecule has 1 saturated carbocycles. The van der Waals surface area contributed by atoms with E-state index in [9.17, 15) is 14.7 Å². The zero-order chi connectivity index (χ0) is 17.0. The Kier molecular flexibility index (Phi) is 3.81. The number of rotatable bonds is 3. The van der Waals surface area contributed by atoms with E-state index in [-0.39, 0.29) is 29.7 Å². The number of hydrogen-bond acceptors (Lipinski definition) is 3. The smallest absolute Gasteiger partial charge is 0.235 e. The summed E-state index contributed by atoms with van der Waals surface area (Å²) in [5.41, 5.74) is -0.217. The minimum Gasteiger partial charge on any atom is -0.387 e. The van der Waals surface area contributed by atoms with Gasteiger partial charge in [0.1, 0.15) is 0 Å². The Morgan fingerprint density at radius 2 is 1.87 bits per heavy atom. The second kappa shape index (κ2) is 5.32. The third-order valence-electron chi connectivity index (χ3n) is 6.12. The number of aliphatic hydroxyl groups excluding tert-OH is 1. The lowest BCUT2D eigenvalue weighted by Crippen LogP contribution is -2.59. The molecule has 1 aromatic carbocycles. The Morgan fingerprint density at radius 1 is 1.26 bits per heavy atom. The van der Waals surface area contributed by atoms with Gasteiger partial charge in [-0.15, -0.1) is 0 Å². The highest BCUT2D eigenvalue weighted by atomic mass is 35.5. The Labute approximate surface area is 141 Å². The van der Waals surface area contributed by atoms with Crippen molar-refractivity contribution in [1.29, 1.82) is 0 Å². The molecule has 2 amide bonds. The van der Waals surface area contributed by atoms with Crippen LogP contribution in [-0.2, 0) is 9.59 Å². The molecule has 23 heavy (non-hydrogen) atoms. The Bertz CT molecular complexity index is 655. The van der Waals surface area contributed by atoms with Gasteiger partial charge in [-0.25, -0.2) is 0 Å². The highest BCUT2D eigenvalue weighted by Crippen LogP contribution is 2.60. The van der Waals surface area contributed by atoms with E-state index in [0.717, 1.165) is 12.8 Å². The summed E-state index contributed by atoms with van der Waals surface area (Å²) < 4.78 is 0. The van der Waals surface area contributed by atoms with Crippen LogP contribution in [0.2, 0.25) is 5.02 Å². The lowest BCUT2D eigenvalue weighted by Gasteiger charge is -2.48. The SMILES string of the molecule is CC1(C)[C@H]2CC[C@]1(C)C(=O)N(C[C@H](O)c1ccc(Cl)cc1)C2=O. The average molecular weight is 336 g/mol. The number of aliphatic hydroxyl groups is 1. The Hall–Kier alpha value is -1.39. The van der Waals surface area contributed by atoms with E-state index >= 15 is 0 Å². The van der Waals surface area contributed by atoms with Crippen LogP contribution in [0.15, 0.2) is 24.3 Å². The van der Waals surface area contributed by atoms with E-state index in [0.29, 0.717) is 10.6 Å². The van der Waals surface area contributed by atoms with Crippen molar-refractivity contribution in [2.24, 2.45) is 16.7 Å². The fraction of sp³-hybridized carbons (Fsp3) is 0.556. The molecule has 0 radical (unpaired) electrons. The molecule has 3 atom stereocenters. The molecule has 0 spiro atoms. The molecule has 4 nitrogen and oxygen atoms in total. The number of hydrogen-bond donors (Lipinski definition) is 1. The van der Waals surface area contributed by atoms with Crippen molar-refractivity contribution in [3.05, 3.63) is 34.9 Å². The van der Waals surface area contributed by atoms with Crippen LogP contribution in [0.25, 0.3) is 0 Å². The molecule has 0 unspecified atom stereocenters. The number of β-amino-alcohol motifs (C(OH)–C–C–N with tert-alkyl or cyclic N) is 1. The lowest BCUT2D eigenvalue weighted by molar-refractivity contribution is -0.169. The highest BCUT2D eigenvalue weighted by molar-refractivity contribution is 6.30. The first-order valence-electron chi connectivity index (χ1n) is 7.98. The van der Waals surface area contributed by atoms with E-state index in [1.54, 1.807) is 24.3 Å². The first-order valence-corrected chi connectivity index (χ1v) is 8.35. The van der Waals surface area contributed by atoms with Gasteiger partial charge in [0.25, 0.3) is 0 Å². The molecule has 5 heteroatoms. The van der Waals surface area contributed by atoms with Gasteiger partial charge in [-0.1, -0.05) is 44.5 Å². The number of halogens is 1. The summed E-state index contributed by atoms with van der Waals surface area (Å²) in [7, 11) is 0. The third-order valence-corrected chi connectivity index (χ3v) is 6.37. The topological polar surface area (TPSA) is 57.6 Å². The molecule has 2 fully saturated rings. The monoisotopic (exact) mass is 335 g/mol. The van der Waals surface area contributed by atoms with Gasteiger partial charge in [0.2, 0.25) is 11.8 Å². The van der Waals surface area contributed by atoms with E-state index in [1.165, 1.54) is 4.90 Å². The molecule has 1 N–H and O–H groups in total. The van der Waals surface area contributed by atoms with E-state index in [1.807, 2.05) is 20.8 Å². The van der Waals surface area contributed by atoms with E-state index < -0.39 is 11.5 Å². The van der Waals surface area contributed by atoms with Crippen LogP contribution in [0.4, 0.5) is 0 Å². The largest absolute Gasteiger partial charge is 0.387 e. The molecule has 2 bridgehead atoms. The van der Waals surface area contributed by atoms with Crippen LogP contribution in [0, 0.1) is 16.7 Å². The number of imide groups is 1.